The highest BCUT2D eigenvalue weighted by molar-refractivity contribution is 7.13. The molecular formula is C10H14N4OS. The highest BCUT2D eigenvalue weighted by atomic mass is 32.1. The molecule has 86 valence electrons. The third kappa shape index (κ3) is 2.01. The van der Waals surface area contributed by atoms with Gasteiger partial charge in [-0.15, -0.1) is 11.3 Å². The smallest absolute Gasteiger partial charge is 0.216 e. The van der Waals surface area contributed by atoms with Crippen LogP contribution in [0, 0.1) is 6.92 Å². The molecule has 0 aliphatic carbocycles. The molecule has 5 nitrogen and oxygen atoms in total. The van der Waals surface area contributed by atoms with Gasteiger partial charge in [-0.05, 0) is 6.92 Å². The van der Waals surface area contributed by atoms with Crippen LogP contribution >= 0.6 is 11.3 Å². The minimum Gasteiger partial charge on any atom is -0.481 e. The first-order valence-electron chi connectivity index (χ1n) is 4.92. The number of hydrogen-bond donors (Lipinski definition) is 1. The van der Waals surface area contributed by atoms with Crippen LogP contribution in [0.5, 0.6) is 5.88 Å². The third-order valence-corrected chi connectivity index (χ3v) is 3.06. The van der Waals surface area contributed by atoms with E-state index in [9.17, 15) is 0 Å². The molecule has 0 fully saturated rings. The van der Waals surface area contributed by atoms with E-state index in [1.165, 1.54) is 0 Å². The van der Waals surface area contributed by atoms with Crippen molar-refractivity contribution in [2.75, 3.05) is 12.4 Å². The molecule has 0 unspecified atom stereocenters. The Kier molecular flexibility index (Phi) is 3.09. The van der Waals surface area contributed by atoms with Crippen LogP contribution in [0.4, 0.5) is 5.13 Å². The summed E-state index contributed by atoms with van der Waals surface area (Å²) in [6.45, 7) is 2.65. The number of rotatable bonds is 4. The largest absolute Gasteiger partial charge is 0.481 e. The van der Waals surface area contributed by atoms with E-state index in [1.807, 2.05) is 19.4 Å². The van der Waals surface area contributed by atoms with Crippen LogP contribution < -0.4 is 10.1 Å². The Morgan fingerprint density at radius 3 is 3.00 bits per heavy atom. The van der Waals surface area contributed by atoms with E-state index >= 15 is 0 Å². The summed E-state index contributed by atoms with van der Waals surface area (Å²) in [4.78, 5) is 4.16. The molecule has 2 aromatic heterocycles. The Bertz CT molecular complexity index is 463. The lowest BCUT2D eigenvalue weighted by Crippen LogP contribution is -2.02. The fourth-order valence-corrected chi connectivity index (χ4v) is 2.14. The number of aryl methyl sites for hydroxylation is 2. The summed E-state index contributed by atoms with van der Waals surface area (Å²) in [5.41, 5.74) is 2.05. The molecule has 0 spiro atoms. The summed E-state index contributed by atoms with van der Waals surface area (Å²) >= 11 is 1.58. The van der Waals surface area contributed by atoms with Crippen molar-refractivity contribution >= 4 is 16.5 Å². The number of thiazole rings is 1. The topological polar surface area (TPSA) is 52.0 Å². The first kappa shape index (κ1) is 10.9. The first-order valence-corrected chi connectivity index (χ1v) is 5.80. The standard InChI is InChI=1S/C10H14N4OS/c1-7-8(9(15-3)14(2)13-7)6-12-10-11-4-5-16-10/h4-5H,6H2,1-3H3,(H,11,12). The molecule has 0 saturated heterocycles. The third-order valence-electron chi connectivity index (χ3n) is 2.33. The Morgan fingerprint density at radius 1 is 1.56 bits per heavy atom. The molecule has 16 heavy (non-hydrogen) atoms. The summed E-state index contributed by atoms with van der Waals surface area (Å²) in [6, 6.07) is 0. The SMILES string of the molecule is COc1c(CNc2nccs2)c(C)nn1C. The summed E-state index contributed by atoms with van der Waals surface area (Å²) < 4.78 is 7.05. The van der Waals surface area contributed by atoms with Crippen LogP contribution in [0.3, 0.4) is 0 Å². The second-order valence-corrected chi connectivity index (χ2v) is 4.28. The van der Waals surface area contributed by atoms with Crippen LogP contribution in [0.1, 0.15) is 11.3 Å². The monoisotopic (exact) mass is 238 g/mol. The lowest BCUT2D eigenvalue weighted by molar-refractivity contribution is 0.370. The molecule has 2 aromatic rings. The highest BCUT2D eigenvalue weighted by Gasteiger charge is 2.13. The van der Waals surface area contributed by atoms with Crippen molar-refractivity contribution in [2.45, 2.75) is 13.5 Å². The Hall–Kier alpha value is -1.56. The van der Waals surface area contributed by atoms with E-state index in [2.05, 4.69) is 15.4 Å². The van der Waals surface area contributed by atoms with Gasteiger partial charge in [0.15, 0.2) is 5.13 Å². The van der Waals surface area contributed by atoms with Crippen LogP contribution in [-0.2, 0) is 13.6 Å². The summed E-state index contributed by atoms with van der Waals surface area (Å²) in [7, 11) is 3.53. The molecular weight excluding hydrogens is 224 g/mol. The van der Waals surface area contributed by atoms with E-state index in [1.54, 1.807) is 29.3 Å². The molecule has 6 heteroatoms. The maximum atomic E-state index is 5.31. The van der Waals surface area contributed by atoms with Gasteiger partial charge >= 0.3 is 0 Å². The number of aromatic nitrogens is 3. The van der Waals surface area contributed by atoms with E-state index in [0.29, 0.717) is 6.54 Å². The minimum atomic E-state index is 0.677. The van der Waals surface area contributed by atoms with Crippen molar-refractivity contribution in [1.29, 1.82) is 0 Å². The Labute approximate surface area is 98.1 Å². The average molecular weight is 238 g/mol. The van der Waals surface area contributed by atoms with Gasteiger partial charge in [0.05, 0.1) is 18.4 Å². The number of nitrogens with one attached hydrogen (secondary N) is 1. The Balaban J connectivity index is 2.14. The molecule has 0 radical (unpaired) electrons. The van der Waals surface area contributed by atoms with E-state index < -0.39 is 0 Å². The molecule has 2 rings (SSSR count). The van der Waals surface area contributed by atoms with Gasteiger partial charge in [-0.2, -0.15) is 5.10 Å². The fraction of sp³-hybridized carbons (Fsp3) is 0.400. The van der Waals surface area contributed by atoms with Crippen molar-refractivity contribution in [3.63, 3.8) is 0 Å². The molecule has 0 amide bonds. The predicted molar refractivity (Wildman–Crippen MR) is 63.9 cm³/mol. The van der Waals surface area contributed by atoms with Gasteiger partial charge in [-0.1, -0.05) is 0 Å². The highest BCUT2D eigenvalue weighted by Crippen LogP contribution is 2.22. The number of nitrogens with zero attached hydrogens (tertiary/aromatic N) is 3. The van der Waals surface area contributed by atoms with Gasteiger partial charge in [0.2, 0.25) is 5.88 Å². The van der Waals surface area contributed by atoms with E-state index in [-0.39, 0.29) is 0 Å². The zero-order chi connectivity index (χ0) is 11.5. The quantitative estimate of drug-likeness (QED) is 0.882. The van der Waals surface area contributed by atoms with Gasteiger partial charge in [-0.3, -0.25) is 0 Å². The lowest BCUT2D eigenvalue weighted by Gasteiger charge is -2.05. The maximum absolute atomic E-state index is 5.31. The van der Waals surface area contributed by atoms with Gasteiger partial charge < -0.3 is 10.1 Å². The van der Waals surface area contributed by atoms with Crippen LogP contribution in [-0.4, -0.2) is 21.9 Å². The van der Waals surface area contributed by atoms with Crippen LogP contribution in [0.2, 0.25) is 0 Å². The summed E-state index contributed by atoms with van der Waals surface area (Å²) in [6.07, 6.45) is 1.78. The van der Waals surface area contributed by atoms with Gasteiger partial charge in [0, 0.05) is 25.2 Å². The van der Waals surface area contributed by atoms with Gasteiger partial charge in [0.1, 0.15) is 0 Å². The predicted octanol–water partition coefficient (Wildman–Crippen LogP) is 1.81. The van der Waals surface area contributed by atoms with Gasteiger partial charge in [0.25, 0.3) is 0 Å². The van der Waals surface area contributed by atoms with Crippen molar-refractivity contribution in [3.8, 4) is 5.88 Å². The zero-order valence-electron chi connectivity index (χ0n) is 9.52. The molecule has 0 saturated carbocycles. The van der Waals surface area contributed by atoms with E-state index in [0.717, 1.165) is 22.3 Å². The summed E-state index contributed by atoms with van der Waals surface area (Å²) in [5, 5.41) is 10.4. The minimum absolute atomic E-state index is 0.677. The van der Waals surface area contributed by atoms with Crippen molar-refractivity contribution in [3.05, 3.63) is 22.8 Å². The Morgan fingerprint density at radius 2 is 2.38 bits per heavy atom. The molecule has 0 aromatic carbocycles. The fourth-order valence-electron chi connectivity index (χ4n) is 1.61. The van der Waals surface area contributed by atoms with E-state index in [4.69, 9.17) is 4.74 Å². The molecule has 0 atom stereocenters. The van der Waals surface area contributed by atoms with Crippen molar-refractivity contribution < 1.29 is 4.74 Å². The van der Waals surface area contributed by atoms with Crippen molar-refractivity contribution in [1.82, 2.24) is 14.8 Å². The molecule has 0 bridgehead atoms. The van der Waals surface area contributed by atoms with Crippen LogP contribution in [0.15, 0.2) is 11.6 Å². The first-order chi connectivity index (χ1) is 7.72. The summed E-state index contributed by atoms with van der Waals surface area (Å²) in [5.74, 6) is 0.793. The number of methoxy groups -OCH3 is 1. The number of hydrogen-bond acceptors (Lipinski definition) is 5. The second kappa shape index (κ2) is 4.52. The zero-order valence-corrected chi connectivity index (χ0v) is 10.3. The second-order valence-electron chi connectivity index (χ2n) is 3.39. The van der Waals surface area contributed by atoms with Crippen molar-refractivity contribution in [2.24, 2.45) is 7.05 Å². The molecule has 0 aliphatic heterocycles. The van der Waals surface area contributed by atoms with Gasteiger partial charge in [-0.25, -0.2) is 9.67 Å². The maximum Gasteiger partial charge on any atom is 0.216 e. The molecule has 2 heterocycles. The normalized spacial score (nSPS) is 10.4. The molecule has 1 N–H and O–H groups in total. The lowest BCUT2D eigenvalue weighted by atomic mass is 10.2. The average Bonchev–Trinajstić information content (AvgIpc) is 2.83. The number of ether oxygens (including phenoxy) is 1. The number of anilines is 1. The van der Waals surface area contributed by atoms with Crippen LogP contribution in [0.25, 0.3) is 0 Å². The molecule has 0 aliphatic rings.